The van der Waals surface area contributed by atoms with Crippen molar-refractivity contribution in [2.24, 2.45) is 5.92 Å². The Kier molecular flexibility index (Phi) is 5.55. The van der Waals surface area contributed by atoms with E-state index < -0.39 is 0 Å². The zero-order chi connectivity index (χ0) is 12.0. The van der Waals surface area contributed by atoms with Gasteiger partial charge in [0.05, 0.1) is 6.61 Å². The van der Waals surface area contributed by atoms with Crippen molar-refractivity contribution >= 4 is 6.09 Å². The molecular formula is C11H22N2O3. The minimum Gasteiger partial charge on any atom is -0.450 e. The molecule has 0 spiro atoms. The molecule has 0 saturated carbocycles. The molecule has 1 heterocycles. The highest BCUT2D eigenvalue weighted by Gasteiger charge is 2.22. The maximum Gasteiger partial charge on any atom is 0.409 e. The molecule has 0 aromatic carbocycles. The highest BCUT2D eigenvalue weighted by molar-refractivity contribution is 5.67. The van der Waals surface area contributed by atoms with Crippen molar-refractivity contribution in [3.63, 3.8) is 0 Å². The molecule has 1 unspecified atom stereocenters. The van der Waals surface area contributed by atoms with Crippen molar-refractivity contribution in [3.8, 4) is 0 Å². The van der Waals surface area contributed by atoms with E-state index >= 15 is 0 Å². The Morgan fingerprint density at radius 1 is 1.38 bits per heavy atom. The van der Waals surface area contributed by atoms with Crippen LogP contribution in [0.15, 0.2) is 0 Å². The van der Waals surface area contributed by atoms with Crippen molar-refractivity contribution < 1.29 is 14.6 Å². The zero-order valence-corrected chi connectivity index (χ0v) is 10.2. The summed E-state index contributed by atoms with van der Waals surface area (Å²) < 4.78 is 4.95. The highest BCUT2D eigenvalue weighted by atomic mass is 16.6. The first-order valence-corrected chi connectivity index (χ1v) is 5.92. The number of ether oxygens (including phenoxy) is 1. The van der Waals surface area contributed by atoms with Crippen LogP contribution in [0.1, 0.15) is 13.8 Å². The molecule has 1 saturated heterocycles. The number of nitrogens with zero attached hydrogens (tertiary/aromatic N) is 2. The summed E-state index contributed by atoms with van der Waals surface area (Å²) in [5.74, 6) is 0.300. The Hall–Kier alpha value is -0.810. The van der Waals surface area contributed by atoms with Gasteiger partial charge >= 0.3 is 6.09 Å². The van der Waals surface area contributed by atoms with Crippen molar-refractivity contribution in [1.82, 2.24) is 9.80 Å². The van der Waals surface area contributed by atoms with Crippen LogP contribution in [-0.2, 0) is 4.74 Å². The quantitative estimate of drug-likeness (QED) is 0.759. The lowest BCUT2D eigenvalue weighted by atomic mass is 10.1. The topological polar surface area (TPSA) is 53.0 Å². The number of rotatable bonds is 4. The summed E-state index contributed by atoms with van der Waals surface area (Å²) in [7, 11) is 0. The fraction of sp³-hybridized carbons (Fsp3) is 0.909. The van der Waals surface area contributed by atoms with Crippen LogP contribution in [0.2, 0.25) is 0 Å². The Morgan fingerprint density at radius 3 is 2.50 bits per heavy atom. The molecule has 0 aromatic heterocycles. The second-order valence-electron chi connectivity index (χ2n) is 4.27. The number of aliphatic hydroxyl groups excluding tert-OH is 1. The first-order chi connectivity index (χ1) is 7.67. The van der Waals surface area contributed by atoms with E-state index in [0.29, 0.717) is 12.5 Å². The Bertz CT molecular complexity index is 215. The highest BCUT2D eigenvalue weighted by Crippen LogP contribution is 2.06. The minimum atomic E-state index is -0.211. The predicted molar refractivity (Wildman–Crippen MR) is 61.3 cm³/mol. The summed E-state index contributed by atoms with van der Waals surface area (Å²) in [5.41, 5.74) is 0. The second kappa shape index (κ2) is 6.70. The molecule has 1 aliphatic heterocycles. The Balaban J connectivity index is 2.25. The summed E-state index contributed by atoms with van der Waals surface area (Å²) in [6.07, 6.45) is -0.211. The lowest BCUT2D eigenvalue weighted by Gasteiger charge is -2.35. The van der Waals surface area contributed by atoms with Gasteiger partial charge in [-0.25, -0.2) is 4.79 Å². The van der Waals surface area contributed by atoms with E-state index in [-0.39, 0.29) is 12.7 Å². The van der Waals surface area contributed by atoms with Crippen molar-refractivity contribution in [2.75, 3.05) is 45.9 Å². The monoisotopic (exact) mass is 230 g/mol. The Morgan fingerprint density at radius 2 is 2.00 bits per heavy atom. The van der Waals surface area contributed by atoms with E-state index in [1.807, 2.05) is 13.8 Å². The fourth-order valence-electron chi connectivity index (χ4n) is 1.83. The third kappa shape index (κ3) is 3.98. The molecule has 1 N–H and O–H groups in total. The van der Waals surface area contributed by atoms with Crippen molar-refractivity contribution in [3.05, 3.63) is 0 Å². The van der Waals surface area contributed by atoms with E-state index in [4.69, 9.17) is 9.84 Å². The van der Waals surface area contributed by atoms with Gasteiger partial charge < -0.3 is 14.7 Å². The average molecular weight is 230 g/mol. The summed E-state index contributed by atoms with van der Waals surface area (Å²) in [6, 6.07) is 0. The molecule has 0 aliphatic carbocycles. The summed E-state index contributed by atoms with van der Waals surface area (Å²) in [5, 5.41) is 8.96. The molecule has 0 aromatic rings. The molecule has 1 rings (SSSR count). The van der Waals surface area contributed by atoms with Gasteiger partial charge in [-0.2, -0.15) is 0 Å². The number of carbonyl (C=O) groups excluding carboxylic acids is 1. The molecule has 0 bridgehead atoms. The zero-order valence-electron chi connectivity index (χ0n) is 10.2. The van der Waals surface area contributed by atoms with E-state index in [0.717, 1.165) is 32.7 Å². The molecule has 1 aliphatic rings. The standard InChI is InChI=1S/C11H22N2O3/c1-3-16-11(15)13-6-4-12(5-7-13)8-10(2)9-14/h10,14H,3-9H2,1-2H3. The molecular weight excluding hydrogens is 208 g/mol. The van der Waals surface area contributed by atoms with Crippen LogP contribution in [0.4, 0.5) is 4.79 Å². The number of piperazine rings is 1. The molecule has 1 atom stereocenters. The van der Waals surface area contributed by atoms with Gasteiger partial charge in [-0.1, -0.05) is 6.92 Å². The fourth-order valence-corrected chi connectivity index (χ4v) is 1.83. The van der Waals surface area contributed by atoms with Crippen LogP contribution in [0, 0.1) is 5.92 Å². The minimum absolute atomic E-state index is 0.211. The van der Waals surface area contributed by atoms with E-state index in [9.17, 15) is 4.79 Å². The second-order valence-corrected chi connectivity index (χ2v) is 4.27. The average Bonchev–Trinajstić information content (AvgIpc) is 2.30. The lowest BCUT2D eigenvalue weighted by Crippen LogP contribution is -2.49. The van der Waals surface area contributed by atoms with Gasteiger partial charge in [-0.3, -0.25) is 4.90 Å². The van der Waals surface area contributed by atoms with Crippen LogP contribution in [0.3, 0.4) is 0 Å². The van der Waals surface area contributed by atoms with Gasteiger partial charge in [0, 0.05) is 39.3 Å². The summed E-state index contributed by atoms with van der Waals surface area (Å²) >= 11 is 0. The molecule has 1 amide bonds. The number of amides is 1. The Labute approximate surface area is 97.0 Å². The van der Waals surface area contributed by atoms with E-state index in [1.165, 1.54) is 0 Å². The smallest absolute Gasteiger partial charge is 0.409 e. The maximum absolute atomic E-state index is 11.4. The van der Waals surface area contributed by atoms with Gasteiger partial charge in [0.1, 0.15) is 0 Å². The van der Waals surface area contributed by atoms with Gasteiger partial charge in [0.15, 0.2) is 0 Å². The van der Waals surface area contributed by atoms with Crippen LogP contribution in [0.25, 0.3) is 0 Å². The normalized spacial score (nSPS) is 19.6. The summed E-state index contributed by atoms with van der Waals surface area (Å²) in [4.78, 5) is 15.4. The molecule has 5 heteroatoms. The van der Waals surface area contributed by atoms with Crippen LogP contribution in [0.5, 0.6) is 0 Å². The number of carbonyl (C=O) groups is 1. The number of hydrogen-bond acceptors (Lipinski definition) is 4. The molecule has 1 fully saturated rings. The van der Waals surface area contributed by atoms with Gasteiger partial charge in [-0.15, -0.1) is 0 Å². The third-order valence-electron chi connectivity index (χ3n) is 2.78. The van der Waals surface area contributed by atoms with Gasteiger partial charge in [0.2, 0.25) is 0 Å². The van der Waals surface area contributed by atoms with Crippen LogP contribution >= 0.6 is 0 Å². The SMILES string of the molecule is CCOC(=O)N1CCN(CC(C)CO)CC1. The number of hydrogen-bond donors (Lipinski definition) is 1. The van der Waals surface area contributed by atoms with Crippen molar-refractivity contribution in [1.29, 1.82) is 0 Å². The van der Waals surface area contributed by atoms with Gasteiger partial charge in [0.25, 0.3) is 0 Å². The van der Waals surface area contributed by atoms with E-state index in [2.05, 4.69) is 4.90 Å². The van der Waals surface area contributed by atoms with Crippen LogP contribution in [-0.4, -0.2) is 66.9 Å². The van der Waals surface area contributed by atoms with Gasteiger partial charge in [-0.05, 0) is 12.8 Å². The largest absolute Gasteiger partial charge is 0.450 e. The summed E-state index contributed by atoms with van der Waals surface area (Å²) in [6.45, 7) is 8.56. The van der Waals surface area contributed by atoms with E-state index in [1.54, 1.807) is 4.90 Å². The third-order valence-corrected chi connectivity index (χ3v) is 2.78. The molecule has 94 valence electrons. The first kappa shape index (κ1) is 13.3. The maximum atomic E-state index is 11.4. The molecule has 0 radical (unpaired) electrons. The van der Waals surface area contributed by atoms with Crippen molar-refractivity contribution in [2.45, 2.75) is 13.8 Å². The predicted octanol–water partition coefficient (Wildman–Crippen LogP) is 0.389. The molecule has 16 heavy (non-hydrogen) atoms. The van der Waals surface area contributed by atoms with Crippen LogP contribution < -0.4 is 0 Å². The molecule has 5 nitrogen and oxygen atoms in total. The number of aliphatic hydroxyl groups is 1. The first-order valence-electron chi connectivity index (χ1n) is 5.92. The lowest BCUT2D eigenvalue weighted by molar-refractivity contribution is 0.0718.